The zero-order valence-corrected chi connectivity index (χ0v) is 20.3. The minimum atomic E-state index is -0.231. The molecular weight excluding hydrogens is 451 g/mol. The Balaban J connectivity index is 0.00000676. The summed E-state index contributed by atoms with van der Waals surface area (Å²) < 4.78 is 0. The van der Waals surface area contributed by atoms with Crippen LogP contribution in [0.25, 0.3) is 0 Å². The molecule has 1 aromatic rings. The fourth-order valence-corrected chi connectivity index (χ4v) is 2.71. The van der Waals surface area contributed by atoms with Crippen LogP contribution in [-0.2, 0) is 11.2 Å². The zero-order valence-electron chi connectivity index (χ0n) is 17.9. The Bertz CT molecular complexity index is 594. The molecule has 0 aliphatic carbocycles. The first-order chi connectivity index (χ1) is 12.0. The first-order valence-corrected chi connectivity index (χ1v) is 9.37. The topological polar surface area (TPSA) is 56.7 Å². The molecule has 6 heteroatoms. The van der Waals surface area contributed by atoms with Crippen molar-refractivity contribution in [2.75, 3.05) is 26.7 Å². The lowest BCUT2D eigenvalue weighted by Crippen LogP contribution is -2.49. The second kappa shape index (κ2) is 11.5. The SMILES string of the molecule is CCNC(=NCC(C)(C)Cc1ccccc1)N(C)CC(=O)NC(C)(C)C.I. The predicted octanol–water partition coefficient (Wildman–Crippen LogP) is 3.69. The maximum absolute atomic E-state index is 12.2. The number of nitrogens with one attached hydrogen (secondary N) is 2. The van der Waals surface area contributed by atoms with Crippen LogP contribution in [-0.4, -0.2) is 49.0 Å². The lowest BCUT2D eigenvalue weighted by molar-refractivity contribution is -0.122. The molecule has 0 bridgehead atoms. The van der Waals surface area contributed by atoms with E-state index in [4.69, 9.17) is 4.99 Å². The number of nitrogens with zero attached hydrogens (tertiary/aromatic N) is 2. The van der Waals surface area contributed by atoms with Crippen molar-refractivity contribution in [1.29, 1.82) is 0 Å². The molecule has 0 saturated heterocycles. The predicted molar refractivity (Wildman–Crippen MR) is 126 cm³/mol. The number of hydrogen-bond acceptors (Lipinski definition) is 2. The highest BCUT2D eigenvalue weighted by Crippen LogP contribution is 2.22. The summed E-state index contributed by atoms with van der Waals surface area (Å²) in [4.78, 5) is 18.8. The number of halogens is 1. The average molecular weight is 488 g/mol. The van der Waals surface area contributed by atoms with Crippen molar-refractivity contribution in [2.45, 2.75) is 53.5 Å². The Kier molecular flexibility index (Phi) is 11.0. The average Bonchev–Trinajstić information content (AvgIpc) is 2.49. The lowest BCUT2D eigenvalue weighted by atomic mass is 9.86. The molecule has 5 nitrogen and oxygen atoms in total. The van der Waals surface area contributed by atoms with E-state index in [0.717, 1.165) is 18.9 Å². The third-order valence-corrected chi connectivity index (χ3v) is 3.77. The fraction of sp³-hybridized carbons (Fsp3) is 0.619. The molecule has 0 saturated carbocycles. The molecule has 1 aromatic carbocycles. The molecule has 154 valence electrons. The second-order valence-electron chi connectivity index (χ2n) is 8.65. The Morgan fingerprint density at radius 2 is 1.70 bits per heavy atom. The van der Waals surface area contributed by atoms with Gasteiger partial charge < -0.3 is 15.5 Å². The second-order valence-corrected chi connectivity index (χ2v) is 8.65. The van der Waals surface area contributed by atoms with Crippen molar-refractivity contribution >= 4 is 35.8 Å². The number of carbonyl (C=O) groups is 1. The van der Waals surface area contributed by atoms with E-state index in [1.807, 2.05) is 45.7 Å². The number of guanidine groups is 1. The standard InChI is InChI=1S/C21H36N4O.HI/c1-8-22-19(25(7)15-18(26)24-20(2,3)4)23-16-21(5,6)14-17-12-10-9-11-13-17;/h9-13H,8,14-16H2,1-7H3,(H,22,23)(H,24,26);1H. The summed E-state index contributed by atoms with van der Waals surface area (Å²) in [6.07, 6.45) is 0.963. The molecule has 1 amide bonds. The molecule has 0 unspecified atom stereocenters. The summed E-state index contributed by atoms with van der Waals surface area (Å²) in [5.41, 5.74) is 1.12. The Morgan fingerprint density at radius 1 is 1.11 bits per heavy atom. The van der Waals surface area contributed by atoms with E-state index in [-0.39, 0.29) is 47.4 Å². The Hall–Kier alpha value is -1.31. The lowest BCUT2D eigenvalue weighted by Gasteiger charge is -2.27. The van der Waals surface area contributed by atoms with Gasteiger partial charge in [0.05, 0.1) is 6.54 Å². The quantitative estimate of drug-likeness (QED) is 0.350. The van der Waals surface area contributed by atoms with E-state index >= 15 is 0 Å². The maximum Gasteiger partial charge on any atom is 0.240 e. The number of benzene rings is 1. The molecule has 0 aliphatic heterocycles. The van der Waals surface area contributed by atoms with Gasteiger partial charge >= 0.3 is 0 Å². The zero-order chi connectivity index (χ0) is 19.8. The van der Waals surface area contributed by atoms with Gasteiger partial charge in [-0.1, -0.05) is 44.2 Å². The van der Waals surface area contributed by atoms with E-state index in [9.17, 15) is 4.79 Å². The van der Waals surface area contributed by atoms with Crippen LogP contribution in [0, 0.1) is 5.41 Å². The monoisotopic (exact) mass is 488 g/mol. The molecule has 1 rings (SSSR count). The first-order valence-electron chi connectivity index (χ1n) is 9.37. The van der Waals surface area contributed by atoms with Crippen LogP contribution in [0.5, 0.6) is 0 Å². The molecule has 0 aromatic heterocycles. The molecule has 2 N–H and O–H groups in total. The van der Waals surface area contributed by atoms with E-state index in [1.54, 1.807) is 0 Å². The van der Waals surface area contributed by atoms with Gasteiger partial charge in [-0.3, -0.25) is 9.79 Å². The fourth-order valence-electron chi connectivity index (χ4n) is 2.71. The molecule has 0 heterocycles. The van der Waals surface area contributed by atoms with Gasteiger partial charge in [-0.15, -0.1) is 24.0 Å². The number of aliphatic imine (C=N–C) groups is 1. The van der Waals surface area contributed by atoms with Crippen LogP contribution in [0.3, 0.4) is 0 Å². The van der Waals surface area contributed by atoms with Crippen LogP contribution in [0.1, 0.15) is 47.1 Å². The van der Waals surface area contributed by atoms with E-state index in [2.05, 4.69) is 48.7 Å². The Morgan fingerprint density at radius 3 is 2.22 bits per heavy atom. The van der Waals surface area contributed by atoms with Crippen molar-refractivity contribution in [1.82, 2.24) is 15.5 Å². The van der Waals surface area contributed by atoms with Crippen molar-refractivity contribution in [2.24, 2.45) is 10.4 Å². The molecular formula is C21H37IN4O. The van der Waals surface area contributed by atoms with Crippen molar-refractivity contribution in [3.63, 3.8) is 0 Å². The summed E-state index contributed by atoms with van der Waals surface area (Å²) in [6, 6.07) is 10.5. The Labute approximate surface area is 182 Å². The van der Waals surface area contributed by atoms with E-state index in [0.29, 0.717) is 6.54 Å². The van der Waals surface area contributed by atoms with Crippen LogP contribution >= 0.6 is 24.0 Å². The highest BCUT2D eigenvalue weighted by atomic mass is 127. The van der Waals surface area contributed by atoms with Gasteiger partial charge in [0.2, 0.25) is 5.91 Å². The number of carbonyl (C=O) groups excluding carboxylic acids is 1. The molecule has 27 heavy (non-hydrogen) atoms. The van der Waals surface area contributed by atoms with Crippen LogP contribution in [0.15, 0.2) is 35.3 Å². The van der Waals surface area contributed by atoms with Gasteiger partial charge in [-0.05, 0) is 45.1 Å². The molecule has 0 spiro atoms. The summed E-state index contributed by atoms with van der Waals surface area (Å²) in [6.45, 7) is 14.2. The normalized spacial score (nSPS) is 12.2. The highest BCUT2D eigenvalue weighted by molar-refractivity contribution is 14.0. The smallest absolute Gasteiger partial charge is 0.240 e. The largest absolute Gasteiger partial charge is 0.357 e. The van der Waals surface area contributed by atoms with E-state index < -0.39 is 0 Å². The van der Waals surface area contributed by atoms with Crippen LogP contribution in [0.4, 0.5) is 0 Å². The van der Waals surface area contributed by atoms with Crippen LogP contribution < -0.4 is 10.6 Å². The molecule has 0 atom stereocenters. The summed E-state index contributed by atoms with van der Waals surface area (Å²) in [5, 5.41) is 6.27. The van der Waals surface area contributed by atoms with Gasteiger partial charge in [0, 0.05) is 25.7 Å². The minimum absolute atomic E-state index is 0. The van der Waals surface area contributed by atoms with Gasteiger partial charge in [-0.2, -0.15) is 0 Å². The van der Waals surface area contributed by atoms with Gasteiger partial charge in [-0.25, -0.2) is 0 Å². The van der Waals surface area contributed by atoms with Crippen molar-refractivity contribution in [3.8, 4) is 0 Å². The van der Waals surface area contributed by atoms with E-state index in [1.165, 1.54) is 5.56 Å². The summed E-state index contributed by atoms with van der Waals surface area (Å²) in [5.74, 6) is 0.756. The number of rotatable bonds is 7. The van der Waals surface area contributed by atoms with Gasteiger partial charge in [0.1, 0.15) is 0 Å². The maximum atomic E-state index is 12.2. The van der Waals surface area contributed by atoms with Gasteiger partial charge in [0.25, 0.3) is 0 Å². The van der Waals surface area contributed by atoms with Crippen LogP contribution in [0.2, 0.25) is 0 Å². The van der Waals surface area contributed by atoms with Crippen molar-refractivity contribution < 1.29 is 4.79 Å². The number of amides is 1. The third-order valence-electron chi connectivity index (χ3n) is 3.77. The van der Waals surface area contributed by atoms with Gasteiger partial charge in [0.15, 0.2) is 5.96 Å². The molecule has 0 aliphatic rings. The molecule has 0 fully saturated rings. The number of hydrogen-bond donors (Lipinski definition) is 2. The third kappa shape index (κ3) is 11.2. The number of likely N-dealkylation sites (N-methyl/N-ethyl adjacent to an activating group) is 1. The minimum Gasteiger partial charge on any atom is -0.357 e. The first kappa shape index (κ1) is 25.7. The summed E-state index contributed by atoms with van der Waals surface area (Å²) in [7, 11) is 1.90. The highest BCUT2D eigenvalue weighted by Gasteiger charge is 2.20. The summed E-state index contributed by atoms with van der Waals surface area (Å²) >= 11 is 0. The van der Waals surface area contributed by atoms with Crippen molar-refractivity contribution in [3.05, 3.63) is 35.9 Å². The molecule has 0 radical (unpaired) electrons.